The van der Waals surface area contributed by atoms with Crippen molar-refractivity contribution >= 4 is 5.91 Å². The van der Waals surface area contributed by atoms with Crippen molar-refractivity contribution in [3.8, 4) is 0 Å². The highest BCUT2D eigenvalue weighted by molar-refractivity contribution is 5.80. The van der Waals surface area contributed by atoms with Crippen molar-refractivity contribution in [2.75, 3.05) is 39.8 Å². The van der Waals surface area contributed by atoms with Gasteiger partial charge in [-0.2, -0.15) is 0 Å². The van der Waals surface area contributed by atoms with Crippen molar-refractivity contribution in [2.45, 2.75) is 32.4 Å². The predicted molar refractivity (Wildman–Crippen MR) is 67.8 cm³/mol. The van der Waals surface area contributed by atoms with E-state index in [0.29, 0.717) is 0 Å². The smallest absolute Gasteiger partial charge is 0.234 e. The van der Waals surface area contributed by atoms with Crippen LogP contribution in [0.25, 0.3) is 0 Å². The van der Waals surface area contributed by atoms with Crippen LogP contribution in [0.15, 0.2) is 0 Å². The molecule has 0 aromatic carbocycles. The zero-order valence-electron chi connectivity index (χ0n) is 11.2. The number of primary amides is 1. The first-order chi connectivity index (χ1) is 8.12. The minimum atomic E-state index is -0.232. The zero-order chi connectivity index (χ0) is 12.8. The third-order valence-corrected chi connectivity index (χ3v) is 3.62. The van der Waals surface area contributed by atoms with Gasteiger partial charge in [0.2, 0.25) is 5.91 Å². The van der Waals surface area contributed by atoms with Crippen molar-refractivity contribution in [1.82, 2.24) is 9.80 Å². The molecule has 2 N–H and O–H groups in total. The van der Waals surface area contributed by atoms with E-state index < -0.39 is 0 Å². The van der Waals surface area contributed by atoms with Crippen LogP contribution in [-0.4, -0.2) is 67.7 Å². The van der Waals surface area contributed by atoms with E-state index in [1.54, 1.807) is 7.11 Å². The molecule has 1 rings (SSSR count). The lowest BCUT2D eigenvalue weighted by Gasteiger charge is -2.25. The minimum Gasteiger partial charge on any atom is -0.380 e. The van der Waals surface area contributed by atoms with Crippen LogP contribution in [0.1, 0.15) is 20.3 Å². The van der Waals surface area contributed by atoms with E-state index in [1.165, 1.54) is 0 Å². The number of nitrogens with zero attached hydrogens (tertiary/aromatic N) is 2. The van der Waals surface area contributed by atoms with E-state index in [-0.39, 0.29) is 18.1 Å². The molecular weight excluding hydrogens is 218 g/mol. The van der Waals surface area contributed by atoms with Gasteiger partial charge in [-0.15, -0.1) is 0 Å². The Morgan fingerprint density at radius 2 is 2.12 bits per heavy atom. The summed E-state index contributed by atoms with van der Waals surface area (Å²) in [5.41, 5.74) is 5.43. The molecule has 5 nitrogen and oxygen atoms in total. The maximum atomic E-state index is 11.4. The number of ether oxygens (including phenoxy) is 1. The third kappa shape index (κ3) is 3.94. The lowest BCUT2D eigenvalue weighted by Crippen LogP contribution is -2.43. The molecule has 2 atom stereocenters. The first-order valence-electron chi connectivity index (χ1n) is 6.40. The van der Waals surface area contributed by atoms with Gasteiger partial charge < -0.3 is 15.4 Å². The van der Waals surface area contributed by atoms with Crippen molar-refractivity contribution in [3.63, 3.8) is 0 Å². The molecule has 1 amide bonds. The van der Waals surface area contributed by atoms with Crippen LogP contribution >= 0.6 is 0 Å². The van der Waals surface area contributed by atoms with E-state index >= 15 is 0 Å². The van der Waals surface area contributed by atoms with E-state index in [9.17, 15) is 4.79 Å². The van der Waals surface area contributed by atoms with Crippen LogP contribution in [0.2, 0.25) is 0 Å². The lowest BCUT2D eigenvalue weighted by atomic mass is 10.2. The Balaban J connectivity index is 2.47. The second-order valence-electron chi connectivity index (χ2n) is 4.53. The summed E-state index contributed by atoms with van der Waals surface area (Å²) < 4.78 is 5.32. The molecule has 1 saturated heterocycles. The average molecular weight is 243 g/mol. The molecule has 17 heavy (non-hydrogen) atoms. The number of rotatable bonds is 7. The number of likely N-dealkylation sites (tertiary alicyclic amines) is 1. The Kier molecular flexibility index (Phi) is 5.88. The molecule has 0 unspecified atom stereocenters. The van der Waals surface area contributed by atoms with Gasteiger partial charge in [-0.3, -0.25) is 9.69 Å². The molecule has 0 aromatic heterocycles. The number of carbonyl (C=O) groups is 1. The topological polar surface area (TPSA) is 58.8 Å². The Hall–Kier alpha value is -0.650. The zero-order valence-corrected chi connectivity index (χ0v) is 11.2. The largest absolute Gasteiger partial charge is 0.380 e. The number of hydrogen-bond acceptors (Lipinski definition) is 4. The fraction of sp³-hybridized carbons (Fsp3) is 0.917. The molecule has 1 aliphatic heterocycles. The first kappa shape index (κ1) is 14.4. The van der Waals surface area contributed by atoms with Gasteiger partial charge in [-0.05, 0) is 19.5 Å². The van der Waals surface area contributed by atoms with Crippen LogP contribution in [0, 0.1) is 0 Å². The van der Waals surface area contributed by atoms with Gasteiger partial charge in [0, 0.05) is 26.7 Å². The SMILES string of the molecule is CCN(CC)CCN1C[C@@H](OC)C[C@H]1C(N)=O. The summed E-state index contributed by atoms with van der Waals surface area (Å²) >= 11 is 0. The quantitative estimate of drug-likeness (QED) is 0.678. The first-order valence-corrected chi connectivity index (χ1v) is 6.40. The van der Waals surface area contributed by atoms with Gasteiger partial charge in [0.25, 0.3) is 0 Å². The van der Waals surface area contributed by atoms with Crippen LogP contribution < -0.4 is 5.73 Å². The molecule has 1 fully saturated rings. The maximum Gasteiger partial charge on any atom is 0.234 e. The maximum absolute atomic E-state index is 11.4. The van der Waals surface area contributed by atoms with Gasteiger partial charge in [0.1, 0.15) is 0 Å². The van der Waals surface area contributed by atoms with E-state index in [2.05, 4.69) is 23.6 Å². The van der Waals surface area contributed by atoms with E-state index in [0.717, 1.165) is 39.1 Å². The highest BCUT2D eigenvalue weighted by Crippen LogP contribution is 2.19. The highest BCUT2D eigenvalue weighted by atomic mass is 16.5. The number of amides is 1. The number of hydrogen-bond donors (Lipinski definition) is 1. The average Bonchev–Trinajstić information content (AvgIpc) is 2.74. The summed E-state index contributed by atoms with van der Waals surface area (Å²) in [6, 6.07) is -0.157. The van der Waals surface area contributed by atoms with Crippen LogP contribution in [0.5, 0.6) is 0 Å². The standard InChI is InChI=1S/C12H25N3O2/c1-4-14(5-2)6-7-15-9-10(17-3)8-11(15)12(13)16/h10-11H,4-9H2,1-3H3,(H2,13,16)/t10-,11-/m0/s1. The summed E-state index contributed by atoms with van der Waals surface area (Å²) in [5, 5.41) is 0. The molecule has 0 aliphatic carbocycles. The summed E-state index contributed by atoms with van der Waals surface area (Å²) in [6.07, 6.45) is 0.869. The molecule has 0 aromatic rings. The van der Waals surface area contributed by atoms with Gasteiger partial charge in [-0.1, -0.05) is 13.8 Å². The monoisotopic (exact) mass is 243 g/mol. The molecule has 100 valence electrons. The third-order valence-electron chi connectivity index (χ3n) is 3.62. The van der Waals surface area contributed by atoms with Crippen molar-refractivity contribution < 1.29 is 9.53 Å². The number of nitrogens with two attached hydrogens (primary N) is 1. The van der Waals surface area contributed by atoms with E-state index in [1.807, 2.05) is 0 Å². The number of carbonyl (C=O) groups excluding carboxylic acids is 1. The Bertz CT molecular complexity index is 244. The minimum absolute atomic E-state index is 0.143. The summed E-state index contributed by atoms with van der Waals surface area (Å²) in [4.78, 5) is 15.9. The van der Waals surface area contributed by atoms with Gasteiger partial charge in [0.15, 0.2) is 0 Å². The highest BCUT2D eigenvalue weighted by Gasteiger charge is 2.35. The second-order valence-corrected chi connectivity index (χ2v) is 4.53. The fourth-order valence-corrected chi connectivity index (χ4v) is 2.39. The molecule has 1 heterocycles. The van der Waals surface area contributed by atoms with Crippen molar-refractivity contribution in [2.24, 2.45) is 5.73 Å². The Morgan fingerprint density at radius 3 is 2.59 bits per heavy atom. The Morgan fingerprint density at radius 1 is 1.47 bits per heavy atom. The van der Waals surface area contributed by atoms with Gasteiger partial charge in [-0.25, -0.2) is 0 Å². The Labute approximate surface area is 104 Å². The predicted octanol–water partition coefficient (Wildman–Crippen LogP) is -0.0972. The van der Waals surface area contributed by atoms with E-state index in [4.69, 9.17) is 10.5 Å². The molecule has 0 radical (unpaired) electrons. The fourth-order valence-electron chi connectivity index (χ4n) is 2.39. The van der Waals surface area contributed by atoms with Crippen LogP contribution in [0.3, 0.4) is 0 Å². The lowest BCUT2D eigenvalue weighted by molar-refractivity contribution is -0.122. The van der Waals surface area contributed by atoms with Crippen molar-refractivity contribution in [3.05, 3.63) is 0 Å². The molecule has 0 bridgehead atoms. The molecule has 5 heteroatoms. The summed E-state index contributed by atoms with van der Waals surface area (Å²) in [6.45, 7) is 9.06. The molecule has 1 aliphatic rings. The number of methoxy groups -OCH3 is 1. The van der Waals surface area contributed by atoms with Crippen LogP contribution in [0.4, 0.5) is 0 Å². The van der Waals surface area contributed by atoms with Gasteiger partial charge in [0.05, 0.1) is 12.1 Å². The summed E-state index contributed by atoms with van der Waals surface area (Å²) in [7, 11) is 1.69. The molecule has 0 spiro atoms. The van der Waals surface area contributed by atoms with Gasteiger partial charge >= 0.3 is 0 Å². The normalized spacial score (nSPS) is 25.6. The second kappa shape index (κ2) is 6.93. The summed E-state index contributed by atoms with van der Waals surface area (Å²) in [5.74, 6) is -0.232. The molecular formula is C12H25N3O2. The number of likely N-dealkylation sites (N-methyl/N-ethyl adjacent to an activating group) is 1. The van der Waals surface area contributed by atoms with Crippen molar-refractivity contribution in [1.29, 1.82) is 0 Å². The molecule has 0 saturated carbocycles. The van der Waals surface area contributed by atoms with Crippen LogP contribution in [-0.2, 0) is 9.53 Å².